The monoisotopic (exact) mass is 214 g/mol. The van der Waals surface area contributed by atoms with Crippen molar-refractivity contribution in [3.8, 4) is 0 Å². The highest BCUT2D eigenvalue weighted by molar-refractivity contribution is 5.85. The van der Waals surface area contributed by atoms with Crippen LogP contribution in [-0.4, -0.2) is 30.3 Å². The summed E-state index contributed by atoms with van der Waals surface area (Å²) in [6.45, 7) is 4.97. The highest BCUT2D eigenvalue weighted by atomic mass is 16.6. The van der Waals surface area contributed by atoms with Crippen molar-refractivity contribution in [1.29, 1.82) is 0 Å². The van der Waals surface area contributed by atoms with Crippen molar-refractivity contribution in [2.24, 2.45) is 0 Å². The van der Waals surface area contributed by atoms with E-state index in [4.69, 9.17) is 5.11 Å². The predicted molar refractivity (Wildman–Crippen MR) is 53.1 cm³/mol. The quantitative estimate of drug-likeness (QED) is 0.310. The van der Waals surface area contributed by atoms with E-state index in [9.17, 15) is 9.59 Å². The fraction of sp³-hybridized carbons (Fsp3) is 0.400. The number of allylic oxidation sites excluding steroid dienone is 1. The first-order valence-corrected chi connectivity index (χ1v) is 4.43. The number of aliphatic hydroxyl groups excluding tert-OH is 1. The van der Waals surface area contributed by atoms with Gasteiger partial charge in [0.05, 0.1) is 13.2 Å². The van der Waals surface area contributed by atoms with Gasteiger partial charge in [-0.15, -0.1) is 0 Å². The number of ether oxygens (including phenoxy) is 2. The molecule has 0 heterocycles. The largest absolute Gasteiger partial charge is 0.502 e. The first kappa shape index (κ1) is 13.2. The third-order valence-electron chi connectivity index (χ3n) is 1.42. The molecule has 84 valence electrons. The van der Waals surface area contributed by atoms with Crippen LogP contribution in [0.25, 0.3) is 0 Å². The molecule has 0 aliphatic rings. The van der Waals surface area contributed by atoms with Gasteiger partial charge < -0.3 is 14.6 Å². The number of hydrogen-bond acceptors (Lipinski definition) is 5. The highest BCUT2D eigenvalue weighted by Crippen LogP contribution is 1.94. The molecule has 0 unspecified atom stereocenters. The summed E-state index contributed by atoms with van der Waals surface area (Å²) in [5.74, 6) is -1.73. The van der Waals surface area contributed by atoms with Gasteiger partial charge >= 0.3 is 11.9 Å². The van der Waals surface area contributed by atoms with Crippen LogP contribution in [0.4, 0.5) is 0 Å². The Morgan fingerprint density at radius 2 is 1.93 bits per heavy atom. The zero-order chi connectivity index (χ0) is 11.7. The molecule has 0 saturated heterocycles. The van der Waals surface area contributed by atoms with Crippen LogP contribution in [0.1, 0.15) is 13.3 Å². The number of rotatable bonds is 6. The van der Waals surface area contributed by atoms with Crippen molar-refractivity contribution in [3.63, 3.8) is 0 Å². The van der Waals surface area contributed by atoms with Crippen LogP contribution in [0.2, 0.25) is 0 Å². The third kappa shape index (κ3) is 6.31. The van der Waals surface area contributed by atoms with E-state index < -0.39 is 17.7 Å². The molecule has 5 nitrogen and oxygen atoms in total. The second kappa shape index (κ2) is 7.61. The van der Waals surface area contributed by atoms with Gasteiger partial charge in [-0.25, -0.2) is 9.59 Å². The Hall–Kier alpha value is -1.78. The zero-order valence-electron chi connectivity index (χ0n) is 8.56. The minimum absolute atomic E-state index is 0.0845. The Balaban J connectivity index is 3.51. The van der Waals surface area contributed by atoms with Gasteiger partial charge in [-0.1, -0.05) is 6.58 Å². The lowest BCUT2D eigenvalue weighted by molar-refractivity contribution is -0.143. The van der Waals surface area contributed by atoms with Gasteiger partial charge in [0.15, 0.2) is 5.76 Å². The summed E-state index contributed by atoms with van der Waals surface area (Å²) in [7, 11) is 0. The normalized spacial score (nSPS) is 10.6. The summed E-state index contributed by atoms with van der Waals surface area (Å²) in [6, 6.07) is 0. The summed E-state index contributed by atoms with van der Waals surface area (Å²) in [5.41, 5.74) is 0. The highest BCUT2D eigenvalue weighted by Gasteiger charge is 2.06. The van der Waals surface area contributed by atoms with Crippen LogP contribution in [0, 0.1) is 0 Å². The fourth-order valence-corrected chi connectivity index (χ4v) is 0.647. The van der Waals surface area contributed by atoms with E-state index in [-0.39, 0.29) is 13.2 Å². The molecule has 0 aromatic carbocycles. The summed E-state index contributed by atoms with van der Waals surface area (Å²) < 4.78 is 9.27. The average molecular weight is 214 g/mol. The summed E-state index contributed by atoms with van der Waals surface area (Å²) in [5, 5.41) is 8.90. The molecular weight excluding hydrogens is 200 g/mol. The van der Waals surface area contributed by atoms with Crippen molar-refractivity contribution < 1.29 is 24.2 Å². The van der Waals surface area contributed by atoms with E-state index in [0.29, 0.717) is 6.42 Å². The maximum absolute atomic E-state index is 10.9. The minimum Gasteiger partial charge on any atom is -0.502 e. The molecule has 0 fully saturated rings. The summed E-state index contributed by atoms with van der Waals surface area (Å²) in [4.78, 5) is 21.4. The van der Waals surface area contributed by atoms with Gasteiger partial charge in [0.2, 0.25) is 0 Å². The molecule has 0 amide bonds. The molecule has 0 spiro atoms. The predicted octanol–water partition coefficient (Wildman–Crippen LogP) is 1.11. The summed E-state index contributed by atoms with van der Waals surface area (Å²) in [6.07, 6.45) is 2.67. The maximum atomic E-state index is 10.9. The van der Waals surface area contributed by atoms with E-state index in [1.807, 2.05) is 0 Å². The first-order valence-electron chi connectivity index (χ1n) is 4.43. The summed E-state index contributed by atoms with van der Waals surface area (Å²) >= 11 is 0. The number of carbonyl (C=O) groups excluding carboxylic acids is 2. The van der Waals surface area contributed by atoms with Crippen LogP contribution < -0.4 is 0 Å². The number of aliphatic hydroxyl groups is 1. The Kier molecular flexibility index (Phi) is 6.70. The molecule has 0 radical (unpaired) electrons. The second-order valence-corrected chi connectivity index (χ2v) is 2.54. The van der Waals surface area contributed by atoms with Gasteiger partial charge in [0, 0.05) is 12.5 Å². The van der Waals surface area contributed by atoms with Crippen molar-refractivity contribution in [2.75, 3.05) is 13.2 Å². The molecule has 0 bridgehead atoms. The Labute approximate surface area is 88.0 Å². The van der Waals surface area contributed by atoms with Crippen molar-refractivity contribution in [3.05, 3.63) is 24.5 Å². The molecule has 0 aliphatic carbocycles. The number of esters is 2. The lowest BCUT2D eigenvalue weighted by Gasteiger charge is -2.03. The topological polar surface area (TPSA) is 72.8 Å². The van der Waals surface area contributed by atoms with Crippen molar-refractivity contribution >= 4 is 11.9 Å². The lowest BCUT2D eigenvalue weighted by atomic mass is 10.4. The van der Waals surface area contributed by atoms with Crippen LogP contribution in [-0.2, 0) is 19.1 Å². The fourth-order valence-electron chi connectivity index (χ4n) is 0.647. The van der Waals surface area contributed by atoms with Gasteiger partial charge in [0.1, 0.15) is 0 Å². The SMILES string of the molecule is C=CC(=O)OCCCOC(=O)C(O)=CC. The van der Waals surface area contributed by atoms with Gasteiger partial charge in [-0.05, 0) is 13.0 Å². The van der Waals surface area contributed by atoms with Crippen LogP contribution >= 0.6 is 0 Å². The molecular formula is C10H14O5. The smallest absolute Gasteiger partial charge is 0.373 e. The zero-order valence-corrected chi connectivity index (χ0v) is 8.56. The van der Waals surface area contributed by atoms with E-state index in [2.05, 4.69) is 16.1 Å². The molecule has 15 heavy (non-hydrogen) atoms. The molecule has 1 N–H and O–H groups in total. The average Bonchev–Trinajstić information content (AvgIpc) is 2.26. The molecule has 5 heteroatoms. The van der Waals surface area contributed by atoms with Gasteiger partial charge in [0.25, 0.3) is 0 Å². The molecule has 0 rings (SSSR count). The molecule has 0 saturated carbocycles. The van der Waals surface area contributed by atoms with Crippen LogP contribution in [0.15, 0.2) is 24.5 Å². The maximum Gasteiger partial charge on any atom is 0.373 e. The van der Waals surface area contributed by atoms with Gasteiger partial charge in [-0.3, -0.25) is 0 Å². The third-order valence-corrected chi connectivity index (χ3v) is 1.42. The van der Waals surface area contributed by atoms with Crippen molar-refractivity contribution in [2.45, 2.75) is 13.3 Å². The number of carbonyl (C=O) groups is 2. The molecule has 0 atom stereocenters. The van der Waals surface area contributed by atoms with Crippen molar-refractivity contribution in [1.82, 2.24) is 0 Å². The Morgan fingerprint density at radius 1 is 1.33 bits per heavy atom. The van der Waals surface area contributed by atoms with Gasteiger partial charge in [-0.2, -0.15) is 0 Å². The first-order chi connectivity index (χ1) is 7.11. The molecule has 0 aromatic rings. The van der Waals surface area contributed by atoms with Crippen LogP contribution in [0.3, 0.4) is 0 Å². The Bertz CT molecular complexity index is 267. The minimum atomic E-state index is -0.785. The van der Waals surface area contributed by atoms with E-state index in [1.165, 1.54) is 13.0 Å². The lowest BCUT2D eigenvalue weighted by Crippen LogP contribution is -2.11. The van der Waals surface area contributed by atoms with E-state index in [1.54, 1.807) is 0 Å². The second-order valence-electron chi connectivity index (χ2n) is 2.54. The molecule has 0 aliphatic heterocycles. The van der Waals surface area contributed by atoms with E-state index in [0.717, 1.165) is 6.08 Å². The standard InChI is InChI=1S/C10H14O5/c1-3-8(11)10(13)15-7-5-6-14-9(12)4-2/h3-4,11H,2,5-7H2,1H3. The van der Waals surface area contributed by atoms with E-state index >= 15 is 0 Å². The molecule has 0 aromatic heterocycles. The van der Waals surface area contributed by atoms with Crippen LogP contribution in [0.5, 0.6) is 0 Å². The Morgan fingerprint density at radius 3 is 2.47 bits per heavy atom. The number of hydrogen-bond donors (Lipinski definition) is 1.